The van der Waals surface area contributed by atoms with Crippen molar-refractivity contribution in [3.63, 3.8) is 0 Å². The molecule has 0 saturated carbocycles. The SMILES string of the molecule is CC(C)C(=O)NC(=S)NNC(=O)Cc1cccc2ccccc12. The van der Waals surface area contributed by atoms with E-state index in [-0.39, 0.29) is 29.3 Å². The van der Waals surface area contributed by atoms with Crippen molar-refractivity contribution < 1.29 is 9.59 Å². The second-order valence-electron chi connectivity index (χ2n) is 5.46. The first-order valence-electron chi connectivity index (χ1n) is 7.33. The Bertz CT molecular complexity index is 738. The lowest BCUT2D eigenvalue weighted by molar-refractivity contribution is -0.123. The van der Waals surface area contributed by atoms with Gasteiger partial charge in [-0.3, -0.25) is 20.4 Å². The molecule has 0 atom stereocenters. The average Bonchev–Trinajstić information content (AvgIpc) is 2.53. The van der Waals surface area contributed by atoms with Gasteiger partial charge in [0, 0.05) is 5.92 Å². The van der Waals surface area contributed by atoms with Crippen LogP contribution in [-0.2, 0) is 16.0 Å². The number of nitrogens with one attached hydrogen (secondary N) is 3. The van der Waals surface area contributed by atoms with E-state index in [0.717, 1.165) is 16.3 Å². The third kappa shape index (κ3) is 4.75. The number of hydrogen-bond donors (Lipinski definition) is 3. The van der Waals surface area contributed by atoms with E-state index in [9.17, 15) is 9.59 Å². The van der Waals surface area contributed by atoms with Crippen LogP contribution in [0.25, 0.3) is 10.8 Å². The Labute approximate surface area is 140 Å². The lowest BCUT2D eigenvalue weighted by Crippen LogP contribution is -2.49. The lowest BCUT2D eigenvalue weighted by atomic mass is 10.0. The van der Waals surface area contributed by atoms with Crippen LogP contribution >= 0.6 is 12.2 Å². The first kappa shape index (κ1) is 16.9. The first-order valence-corrected chi connectivity index (χ1v) is 7.74. The molecule has 0 aromatic heterocycles. The maximum Gasteiger partial charge on any atom is 0.242 e. The van der Waals surface area contributed by atoms with Gasteiger partial charge in [0.25, 0.3) is 0 Å². The summed E-state index contributed by atoms with van der Waals surface area (Å²) in [7, 11) is 0. The molecule has 0 saturated heterocycles. The van der Waals surface area contributed by atoms with Crippen LogP contribution < -0.4 is 16.2 Å². The number of benzene rings is 2. The summed E-state index contributed by atoms with van der Waals surface area (Å²) in [5, 5.41) is 4.70. The van der Waals surface area contributed by atoms with Gasteiger partial charge in [0.15, 0.2) is 5.11 Å². The molecule has 0 aliphatic rings. The number of rotatable bonds is 3. The summed E-state index contributed by atoms with van der Waals surface area (Å²) in [6, 6.07) is 13.7. The Kier molecular flexibility index (Phi) is 5.65. The van der Waals surface area contributed by atoms with Crippen LogP contribution in [0.15, 0.2) is 42.5 Å². The molecule has 3 N–H and O–H groups in total. The molecule has 0 aliphatic carbocycles. The van der Waals surface area contributed by atoms with Crippen LogP contribution in [-0.4, -0.2) is 16.9 Å². The summed E-state index contributed by atoms with van der Waals surface area (Å²) in [6.45, 7) is 3.52. The number of carbonyl (C=O) groups excluding carboxylic acids is 2. The number of thiocarbonyl (C=S) groups is 1. The van der Waals surface area contributed by atoms with Crippen LogP contribution in [0.5, 0.6) is 0 Å². The van der Waals surface area contributed by atoms with Crippen LogP contribution in [0.3, 0.4) is 0 Å². The summed E-state index contributed by atoms with van der Waals surface area (Å²) >= 11 is 4.95. The normalized spacial score (nSPS) is 10.4. The minimum atomic E-state index is -0.234. The molecular formula is C17H19N3O2S. The lowest BCUT2D eigenvalue weighted by Gasteiger charge is -2.12. The van der Waals surface area contributed by atoms with Gasteiger partial charge in [-0.2, -0.15) is 0 Å². The monoisotopic (exact) mass is 329 g/mol. The predicted octanol–water partition coefficient (Wildman–Crippen LogP) is 2.06. The van der Waals surface area contributed by atoms with Crippen molar-refractivity contribution in [2.24, 2.45) is 5.92 Å². The summed E-state index contributed by atoms with van der Waals surface area (Å²) in [4.78, 5) is 23.5. The Morgan fingerprint density at radius 2 is 1.74 bits per heavy atom. The molecule has 0 radical (unpaired) electrons. The zero-order chi connectivity index (χ0) is 16.8. The molecular weight excluding hydrogens is 310 g/mol. The second-order valence-corrected chi connectivity index (χ2v) is 5.87. The van der Waals surface area contributed by atoms with E-state index in [1.807, 2.05) is 42.5 Å². The van der Waals surface area contributed by atoms with Gasteiger partial charge in [-0.25, -0.2) is 0 Å². The Balaban J connectivity index is 1.92. The van der Waals surface area contributed by atoms with Crippen molar-refractivity contribution in [2.45, 2.75) is 20.3 Å². The average molecular weight is 329 g/mol. The fourth-order valence-corrected chi connectivity index (χ4v) is 2.23. The highest BCUT2D eigenvalue weighted by molar-refractivity contribution is 7.80. The van der Waals surface area contributed by atoms with Crippen molar-refractivity contribution in [2.75, 3.05) is 0 Å². The van der Waals surface area contributed by atoms with Gasteiger partial charge in [0.05, 0.1) is 6.42 Å². The molecule has 2 amide bonds. The summed E-state index contributed by atoms with van der Waals surface area (Å²) in [5.41, 5.74) is 5.96. The van der Waals surface area contributed by atoms with Gasteiger partial charge in [0.1, 0.15) is 0 Å². The molecule has 0 aliphatic heterocycles. The first-order chi connectivity index (χ1) is 11.0. The Morgan fingerprint density at radius 3 is 2.48 bits per heavy atom. The molecule has 0 unspecified atom stereocenters. The third-order valence-corrected chi connectivity index (χ3v) is 3.51. The number of hydrogen-bond acceptors (Lipinski definition) is 3. The van der Waals surface area contributed by atoms with Crippen molar-refractivity contribution in [1.29, 1.82) is 0 Å². The Hall–Kier alpha value is -2.47. The van der Waals surface area contributed by atoms with E-state index in [4.69, 9.17) is 12.2 Å². The third-order valence-electron chi connectivity index (χ3n) is 3.31. The summed E-state index contributed by atoms with van der Waals surface area (Å²) in [6.07, 6.45) is 0.217. The van der Waals surface area contributed by atoms with Crippen LogP contribution in [0.4, 0.5) is 0 Å². The van der Waals surface area contributed by atoms with Gasteiger partial charge in [-0.15, -0.1) is 0 Å². The van der Waals surface area contributed by atoms with Crippen molar-refractivity contribution in [1.82, 2.24) is 16.2 Å². The smallest absolute Gasteiger partial charge is 0.242 e. The maximum absolute atomic E-state index is 12.0. The molecule has 5 nitrogen and oxygen atoms in total. The van der Waals surface area contributed by atoms with Gasteiger partial charge in [-0.1, -0.05) is 56.3 Å². The maximum atomic E-state index is 12.0. The molecule has 2 rings (SSSR count). The van der Waals surface area contributed by atoms with Crippen molar-refractivity contribution >= 4 is 39.9 Å². The second kappa shape index (κ2) is 7.69. The number of hydrazine groups is 1. The number of carbonyl (C=O) groups is 2. The highest BCUT2D eigenvalue weighted by Gasteiger charge is 2.10. The standard InChI is InChI=1S/C17H19N3O2S/c1-11(2)16(22)18-17(23)20-19-15(21)10-13-8-5-7-12-6-3-4-9-14(12)13/h3-9,11H,10H2,1-2H3,(H,19,21)(H2,18,20,22,23). The number of amides is 2. The van der Waals surface area contributed by atoms with E-state index < -0.39 is 0 Å². The minimum Gasteiger partial charge on any atom is -0.302 e. The summed E-state index contributed by atoms with van der Waals surface area (Å²) < 4.78 is 0. The van der Waals surface area contributed by atoms with Crippen LogP contribution in [0.1, 0.15) is 19.4 Å². The van der Waals surface area contributed by atoms with Crippen molar-refractivity contribution in [3.05, 3.63) is 48.0 Å². The highest BCUT2D eigenvalue weighted by Crippen LogP contribution is 2.18. The molecule has 120 valence electrons. The predicted molar refractivity (Wildman–Crippen MR) is 94.5 cm³/mol. The highest BCUT2D eigenvalue weighted by atomic mass is 32.1. The van der Waals surface area contributed by atoms with E-state index >= 15 is 0 Å². The van der Waals surface area contributed by atoms with Crippen LogP contribution in [0, 0.1) is 5.92 Å². The fraction of sp³-hybridized carbons (Fsp3) is 0.235. The molecule has 2 aromatic rings. The van der Waals surface area contributed by atoms with Gasteiger partial charge in [0.2, 0.25) is 11.8 Å². The molecule has 0 spiro atoms. The van der Waals surface area contributed by atoms with Crippen molar-refractivity contribution in [3.8, 4) is 0 Å². The van der Waals surface area contributed by atoms with Gasteiger partial charge >= 0.3 is 0 Å². The van der Waals surface area contributed by atoms with Gasteiger partial charge < -0.3 is 5.32 Å². The van der Waals surface area contributed by atoms with Gasteiger partial charge in [-0.05, 0) is 28.6 Å². The zero-order valence-corrected chi connectivity index (χ0v) is 13.9. The number of fused-ring (bicyclic) bond motifs is 1. The largest absolute Gasteiger partial charge is 0.302 e. The van der Waals surface area contributed by atoms with E-state index in [1.165, 1.54) is 0 Å². The minimum absolute atomic E-state index is 0.0787. The van der Waals surface area contributed by atoms with E-state index in [1.54, 1.807) is 13.8 Å². The molecule has 23 heavy (non-hydrogen) atoms. The quantitative estimate of drug-likeness (QED) is 0.595. The topological polar surface area (TPSA) is 70.2 Å². The summed E-state index contributed by atoms with van der Waals surface area (Å²) in [5.74, 6) is -0.616. The van der Waals surface area contributed by atoms with E-state index in [2.05, 4.69) is 16.2 Å². The Morgan fingerprint density at radius 1 is 1.04 bits per heavy atom. The van der Waals surface area contributed by atoms with E-state index in [0.29, 0.717) is 0 Å². The molecule has 0 fully saturated rings. The molecule has 0 bridgehead atoms. The van der Waals surface area contributed by atoms with Crippen LogP contribution in [0.2, 0.25) is 0 Å². The zero-order valence-electron chi connectivity index (χ0n) is 13.1. The molecule has 6 heteroatoms. The fourth-order valence-electron chi connectivity index (χ4n) is 2.08. The molecule has 0 heterocycles. The molecule has 2 aromatic carbocycles.